The van der Waals surface area contributed by atoms with Gasteiger partial charge in [-0.05, 0) is 71.0 Å². The number of carbonyl (C=O) groups excluding carboxylic acids is 1. The summed E-state index contributed by atoms with van der Waals surface area (Å²) in [5, 5.41) is 9.30. The lowest BCUT2D eigenvalue weighted by Gasteiger charge is -2.23. The number of unbranched alkanes of at least 4 members (excludes halogenated alkanes) is 47. The number of carbonyl (C=O) groups is 1. The second-order valence-electron chi connectivity index (χ2n) is 22.0. The maximum Gasteiger partial charge on any atom is 0.222 e. The molecule has 0 aromatic carbocycles. The van der Waals surface area contributed by atoms with Crippen LogP contribution >= 0.6 is 0 Å². The number of amides is 1. The van der Waals surface area contributed by atoms with Gasteiger partial charge in [-0.2, -0.15) is 0 Å². The fourth-order valence-electron chi connectivity index (χ4n) is 10.5. The van der Waals surface area contributed by atoms with Crippen molar-refractivity contribution in [2.75, 3.05) is 39.3 Å². The van der Waals surface area contributed by atoms with Crippen molar-refractivity contribution in [1.82, 2.24) is 9.80 Å². The van der Waals surface area contributed by atoms with Gasteiger partial charge < -0.3 is 14.9 Å². The van der Waals surface area contributed by atoms with Crippen LogP contribution in [0.15, 0.2) is 0 Å². The number of hydrogen-bond acceptors (Lipinski definition) is 3. The molecule has 0 aliphatic rings. The molecule has 4 heteroatoms. The predicted molar refractivity (Wildman–Crippen MR) is 302 cm³/mol. The Labute approximate surface area is 424 Å². The maximum absolute atomic E-state index is 13.4. The molecule has 0 aromatic rings. The van der Waals surface area contributed by atoms with Crippen LogP contribution in [-0.4, -0.2) is 60.1 Å². The predicted octanol–water partition coefficient (Wildman–Crippen LogP) is 20.8. The number of hydrogen-bond donors (Lipinski definition) is 1. The highest BCUT2D eigenvalue weighted by Gasteiger charge is 2.13. The Kier molecular flexibility index (Phi) is 59.2. The SMILES string of the molecule is CCCCCCCCCCCCCCCCCCCCCCCCCCCCCCN(CCCCCO)CCCCCCCC(=O)N(CCCCCCCCCC)CCCCCCCCCC. The van der Waals surface area contributed by atoms with E-state index in [9.17, 15) is 9.90 Å². The Morgan fingerprint density at radius 2 is 0.448 bits per heavy atom. The first-order valence-electron chi connectivity index (χ1n) is 31.8. The zero-order chi connectivity index (χ0) is 48.5. The van der Waals surface area contributed by atoms with Crippen LogP contribution in [0.3, 0.4) is 0 Å². The van der Waals surface area contributed by atoms with Crippen molar-refractivity contribution in [3.8, 4) is 0 Å². The Morgan fingerprint density at radius 3 is 0.687 bits per heavy atom. The third-order valence-electron chi connectivity index (χ3n) is 15.2. The van der Waals surface area contributed by atoms with Crippen molar-refractivity contribution in [3.63, 3.8) is 0 Å². The third kappa shape index (κ3) is 54.6. The zero-order valence-corrected chi connectivity index (χ0v) is 47.0. The molecule has 67 heavy (non-hydrogen) atoms. The number of aliphatic hydroxyl groups is 1. The molecular weight excluding hydrogens is 817 g/mol. The topological polar surface area (TPSA) is 43.8 Å². The molecule has 0 unspecified atom stereocenters. The van der Waals surface area contributed by atoms with Crippen LogP contribution in [0.5, 0.6) is 0 Å². The molecule has 0 spiro atoms. The molecule has 0 rings (SSSR count). The smallest absolute Gasteiger partial charge is 0.222 e. The van der Waals surface area contributed by atoms with E-state index in [1.54, 1.807) is 0 Å². The second kappa shape index (κ2) is 59.7. The fraction of sp³-hybridized carbons (Fsp3) is 0.984. The lowest BCUT2D eigenvalue weighted by molar-refractivity contribution is -0.131. The highest BCUT2D eigenvalue weighted by atomic mass is 16.3. The average molecular weight is 946 g/mol. The number of aliphatic hydroxyl groups excluding tert-OH is 1. The van der Waals surface area contributed by atoms with Crippen LogP contribution < -0.4 is 0 Å². The lowest BCUT2D eigenvalue weighted by Crippen LogP contribution is -2.32. The van der Waals surface area contributed by atoms with Crippen molar-refractivity contribution in [2.45, 2.75) is 361 Å². The highest BCUT2D eigenvalue weighted by molar-refractivity contribution is 5.76. The first-order chi connectivity index (χ1) is 33.2. The standard InChI is InChI=1S/C63H128N2O2/c1-4-7-10-13-16-19-20-21-22-23-24-25-26-27-28-29-30-31-32-33-34-35-36-37-38-39-44-50-57-64(59-52-48-55-62-66)58-51-45-42-43-49-56-63(67)65(60-53-46-40-17-14-11-8-5-2)61-54-47-41-18-15-12-9-6-3/h66H,4-62H2,1-3H3. The number of nitrogens with zero attached hydrogens (tertiary/aromatic N) is 2. The van der Waals surface area contributed by atoms with Crippen LogP contribution in [0.25, 0.3) is 0 Å². The van der Waals surface area contributed by atoms with E-state index in [0.717, 1.165) is 38.8 Å². The summed E-state index contributed by atoms with van der Waals surface area (Å²) in [6.45, 7) is 12.9. The summed E-state index contributed by atoms with van der Waals surface area (Å²) in [6.07, 6.45) is 72.2. The van der Waals surface area contributed by atoms with E-state index in [2.05, 4.69) is 30.6 Å². The van der Waals surface area contributed by atoms with Crippen LogP contribution in [0.4, 0.5) is 0 Å². The van der Waals surface area contributed by atoms with Gasteiger partial charge in [0, 0.05) is 26.1 Å². The van der Waals surface area contributed by atoms with Gasteiger partial charge in [0.05, 0.1) is 0 Å². The van der Waals surface area contributed by atoms with E-state index in [-0.39, 0.29) is 0 Å². The molecule has 0 saturated carbocycles. The van der Waals surface area contributed by atoms with Gasteiger partial charge in [0.1, 0.15) is 0 Å². The summed E-state index contributed by atoms with van der Waals surface area (Å²) in [5.41, 5.74) is 0. The quantitative estimate of drug-likeness (QED) is 0.0618. The van der Waals surface area contributed by atoms with Crippen molar-refractivity contribution in [3.05, 3.63) is 0 Å². The monoisotopic (exact) mass is 945 g/mol. The van der Waals surface area contributed by atoms with Crippen molar-refractivity contribution < 1.29 is 9.90 Å². The van der Waals surface area contributed by atoms with Crippen LogP contribution in [0.2, 0.25) is 0 Å². The minimum absolute atomic E-state index is 0.332. The van der Waals surface area contributed by atoms with Gasteiger partial charge in [-0.15, -0.1) is 0 Å². The van der Waals surface area contributed by atoms with E-state index in [4.69, 9.17) is 0 Å². The van der Waals surface area contributed by atoms with Crippen LogP contribution in [-0.2, 0) is 4.79 Å². The van der Waals surface area contributed by atoms with E-state index in [0.29, 0.717) is 12.5 Å². The van der Waals surface area contributed by atoms with Crippen LogP contribution in [0, 0.1) is 0 Å². The molecule has 0 bridgehead atoms. The zero-order valence-electron chi connectivity index (χ0n) is 47.0. The van der Waals surface area contributed by atoms with E-state index >= 15 is 0 Å². The minimum atomic E-state index is 0.332. The molecule has 0 saturated heterocycles. The molecule has 0 aliphatic heterocycles. The summed E-state index contributed by atoms with van der Waals surface area (Å²) in [6, 6.07) is 0. The van der Waals surface area contributed by atoms with E-state index in [1.165, 1.54) is 334 Å². The van der Waals surface area contributed by atoms with Gasteiger partial charge >= 0.3 is 0 Å². The molecule has 1 amide bonds. The summed E-state index contributed by atoms with van der Waals surface area (Å²) >= 11 is 0. The minimum Gasteiger partial charge on any atom is -0.396 e. The van der Waals surface area contributed by atoms with E-state index in [1.807, 2.05) is 0 Å². The lowest BCUT2D eigenvalue weighted by atomic mass is 10.0. The van der Waals surface area contributed by atoms with Crippen molar-refractivity contribution in [1.29, 1.82) is 0 Å². The number of rotatable bonds is 60. The van der Waals surface area contributed by atoms with Gasteiger partial charge in [0.2, 0.25) is 5.91 Å². The van der Waals surface area contributed by atoms with Gasteiger partial charge in [0.25, 0.3) is 0 Å². The molecular formula is C63H128N2O2. The highest BCUT2D eigenvalue weighted by Crippen LogP contribution is 2.18. The molecule has 402 valence electrons. The second-order valence-corrected chi connectivity index (χ2v) is 22.0. The molecule has 0 radical (unpaired) electrons. The molecule has 0 aromatic heterocycles. The maximum atomic E-state index is 13.4. The van der Waals surface area contributed by atoms with Gasteiger partial charge in [-0.3, -0.25) is 4.79 Å². The van der Waals surface area contributed by atoms with Gasteiger partial charge in [-0.1, -0.05) is 303 Å². The molecule has 0 atom stereocenters. The first-order valence-corrected chi connectivity index (χ1v) is 31.8. The van der Waals surface area contributed by atoms with E-state index < -0.39 is 0 Å². The molecule has 0 aliphatic carbocycles. The molecule has 0 fully saturated rings. The molecule has 4 nitrogen and oxygen atoms in total. The van der Waals surface area contributed by atoms with Gasteiger partial charge in [-0.25, -0.2) is 0 Å². The third-order valence-corrected chi connectivity index (χ3v) is 15.2. The summed E-state index contributed by atoms with van der Waals surface area (Å²) in [7, 11) is 0. The Morgan fingerprint density at radius 1 is 0.254 bits per heavy atom. The normalized spacial score (nSPS) is 11.7. The molecule has 0 heterocycles. The summed E-state index contributed by atoms with van der Waals surface area (Å²) < 4.78 is 0. The van der Waals surface area contributed by atoms with Crippen molar-refractivity contribution >= 4 is 5.91 Å². The Bertz CT molecular complexity index is 875. The summed E-state index contributed by atoms with van der Waals surface area (Å²) in [4.78, 5) is 18.4. The largest absolute Gasteiger partial charge is 0.396 e. The Hall–Kier alpha value is -0.610. The molecule has 1 N–H and O–H groups in total. The van der Waals surface area contributed by atoms with Crippen LogP contribution in [0.1, 0.15) is 361 Å². The average Bonchev–Trinajstić information content (AvgIpc) is 3.33. The summed E-state index contributed by atoms with van der Waals surface area (Å²) in [5.74, 6) is 0.432. The van der Waals surface area contributed by atoms with Crippen molar-refractivity contribution in [2.24, 2.45) is 0 Å². The Balaban J connectivity index is 3.96. The first kappa shape index (κ1) is 66.4. The fourth-order valence-corrected chi connectivity index (χ4v) is 10.5. The van der Waals surface area contributed by atoms with Gasteiger partial charge in [0.15, 0.2) is 0 Å².